The first-order valence-electron chi connectivity index (χ1n) is 13.1. The van der Waals surface area contributed by atoms with Crippen LogP contribution in [-0.4, -0.2) is 30.1 Å². The van der Waals surface area contributed by atoms with Crippen molar-refractivity contribution in [3.05, 3.63) is 89.0 Å². The van der Waals surface area contributed by atoms with E-state index in [0.717, 1.165) is 78.7 Å². The van der Waals surface area contributed by atoms with Gasteiger partial charge in [-0.3, -0.25) is 9.59 Å². The maximum atomic E-state index is 12.8. The van der Waals surface area contributed by atoms with Gasteiger partial charge in [0.2, 0.25) is 0 Å². The summed E-state index contributed by atoms with van der Waals surface area (Å²) in [6.07, 6.45) is 1.72. The average molecular weight is 542 g/mol. The van der Waals surface area contributed by atoms with Crippen LogP contribution in [0.25, 0.3) is 11.1 Å². The molecule has 0 bridgehead atoms. The second kappa shape index (κ2) is 14.4. The summed E-state index contributed by atoms with van der Waals surface area (Å²) in [6.45, 7) is 2.64. The molecule has 3 aromatic rings. The Hall–Kier alpha value is -3.81. The van der Waals surface area contributed by atoms with Crippen LogP contribution in [-0.2, 0) is 17.4 Å². The normalized spacial score (nSPS) is 11.3. The summed E-state index contributed by atoms with van der Waals surface area (Å²) in [4.78, 5) is 22.5. The maximum Gasteiger partial charge on any atom is 0.416 e. The van der Waals surface area contributed by atoms with Crippen molar-refractivity contribution >= 4 is 11.9 Å². The molecular weight excluding hydrogens is 507 g/mol. The molecular formula is C31H34F3NO4. The van der Waals surface area contributed by atoms with E-state index >= 15 is 0 Å². The molecule has 3 rings (SSSR count). The van der Waals surface area contributed by atoms with Gasteiger partial charge in [-0.2, -0.15) is 13.2 Å². The number of aliphatic carboxylic acids is 1. The van der Waals surface area contributed by atoms with E-state index < -0.39 is 17.7 Å². The van der Waals surface area contributed by atoms with Gasteiger partial charge in [0.05, 0.1) is 18.6 Å². The number of aryl methyl sites for hydroxylation is 2. The number of nitrogens with one attached hydrogen (secondary N) is 1. The summed E-state index contributed by atoms with van der Waals surface area (Å²) in [5.41, 5.74) is 3.59. The lowest BCUT2D eigenvalue weighted by atomic mass is 9.99. The van der Waals surface area contributed by atoms with E-state index in [0.29, 0.717) is 12.2 Å². The van der Waals surface area contributed by atoms with Crippen molar-refractivity contribution < 1.29 is 32.6 Å². The molecule has 0 aliphatic heterocycles. The third kappa shape index (κ3) is 9.78. The Morgan fingerprint density at radius 3 is 2.18 bits per heavy atom. The van der Waals surface area contributed by atoms with Gasteiger partial charge in [-0.15, -0.1) is 0 Å². The third-order valence-corrected chi connectivity index (χ3v) is 6.44. The second-order valence-electron chi connectivity index (χ2n) is 9.51. The van der Waals surface area contributed by atoms with E-state index in [1.807, 2.05) is 37.3 Å². The van der Waals surface area contributed by atoms with Crippen molar-refractivity contribution in [2.45, 2.75) is 58.0 Å². The van der Waals surface area contributed by atoms with Crippen LogP contribution in [0.2, 0.25) is 0 Å². The number of rotatable bonds is 14. The Bertz CT molecular complexity index is 1220. The SMILES string of the molecule is Cc1cc(OCCCCCCCc2ccc(C(=O)NCCC(=O)O)cc2)ccc1-c1ccc(C(F)(F)F)cc1. The molecule has 0 saturated carbocycles. The Kier molecular flexibility index (Phi) is 11.0. The summed E-state index contributed by atoms with van der Waals surface area (Å²) in [5.74, 6) is -0.461. The molecule has 0 aliphatic rings. The average Bonchev–Trinajstić information content (AvgIpc) is 2.90. The zero-order valence-corrected chi connectivity index (χ0v) is 22.0. The number of alkyl halides is 3. The number of carbonyl (C=O) groups is 2. The van der Waals surface area contributed by atoms with E-state index in [2.05, 4.69) is 5.32 Å². The molecule has 5 nitrogen and oxygen atoms in total. The lowest BCUT2D eigenvalue weighted by Crippen LogP contribution is -2.25. The Labute approximate surface area is 227 Å². The fraction of sp³-hybridized carbons (Fsp3) is 0.355. The van der Waals surface area contributed by atoms with Gasteiger partial charge >= 0.3 is 12.1 Å². The predicted octanol–water partition coefficient (Wildman–Crippen LogP) is 7.46. The minimum Gasteiger partial charge on any atom is -0.494 e. The van der Waals surface area contributed by atoms with Crippen molar-refractivity contribution in [3.8, 4) is 16.9 Å². The third-order valence-electron chi connectivity index (χ3n) is 6.44. The molecule has 8 heteroatoms. The summed E-state index contributed by atoms with van der Waals surface area (Å²) in [5, 5.41) is 11.2. The monoisotopic (exact) mass is 541 g/mol. The lowest BCUT2D eigenvalue weighted by Gasteiger charge is -2.12. The fourth-order valence-electron chi connectivity index (χ4n) is 4.25. The molecule has 0 radical (unpaired) electrons. The molecule has 208 valence electrons. The van der Waals surface area contributed by atoms with Gasteiger partial charge in [-0.05, 0) is 84.8 Å². The molecule has 0 heterocycles. The number of benzene rings is 3. The van der Waals surface area contributed by atoms with Crippen LogP contribution in [0.3, 0.4) is 0 Å². The number of carboxylic acids is 1. The van der Waals surface area contributed by atoms with Gasteiger partial charge in [0, 0.05) is 12.1 Å². The van der Waals surface area contributed by atoms with Gasteiger partial charge in [-0.25, -0.2) is 0 Å². The van der Waals surface area contributed by atoms with Crippen LogP contribution < -0.4 is 10.1 Å². The van der Waals surface area contributed by atoms with Gasteiger partial charge in [0.1, 0.15) is 5.75 Å². The minimum atomic E-state index is -4.34. The zero-order valence-electron chi connectivity index (χ0n) is 22.0. The standard InChI is InChI=1S/C31H34F3NO4/c1-22-21-27(16-17-28(22)24-12-14-26(15-13-24)31(32,33)34)39-20-6-4-2-3-5-7-23-8-10-25(11-9-23)30(38)35-19-18-29(36)37/h8-17,21H,2-7,18-20H2,1H3,(H,35,38)(H,36,37). The Morgan fingerprint density at radius 2 is 1.54 bits per heavy atom. The van der Waals surface area contributed by atoms with Crippen LogP contribution >= 0.6 is 0 Å². The predicted molar refractivity (Wildman–Crippen MR) is 145 cm³/mol. The quantitative estimate of drug-likeness (QED) is 0.208. The van der Waals surface area contributed by atoms with Gasteiger partial charge < -0.3 is 15.2 Å². The van der Waals surface area contributed by atoms with Crippen molar-refractivity contribution in [3.63, 3.8) is 0 Å². The number of carbonyl (C=O) groups excluding carboxylic acids is 1. The van der Waals surface area contributed by atoms with Gasteiger partial charge in [-0.1, -0.05) is 49.6 Å². The molecule has 39 heavy (non-hydrogen) atoms. The maximum absolute atomic E-state index is 12.8. The van der Waals surface area contributed by atoms with Gasteiger partial charge in [0.25, 0.3) is 5.91 Å². The number of hydrogen-bond donors (Lipinski definition) is 2. The van der Waals surface area contributed by atoms with E-state index in [4.69, 9.17) is 9.84 Å². The molecule has 0 atom stereocenters. The number of carboxylic acid groups (broad SMARTS) is 1. The van der Waals surface area contributed by atoms with E-state index in [9.17, 15) is 22.8 Å². The molecule has 1 amide bonds. The molecule has 0 spiro atoms. The number of amides is 1. The largest absolute Gasteiger partial charge is 0.494 e. The minimum absolute atomic E-state index is 0.0998. The Morgan fingerprint density at radius 1 is 0.872 bits per heavy atom. The second-order valence-corrected chi connectivity index (χ2v) is 9.51. The van der Waals surface area contributed by atoms with Crippen LogP contribution in [0.1, 0.15) is 65.6 Å². The molecule has 0 fully saturated rings. The summed E-state index contributed by atoms with van der Waals surface area (Å²) in [6, 6.07) is 18.2. The van der Waals surface area contributed by atoms with Crippen molar-refractivity contribution in [2.75, 3.05) is 13.2 Å². The number of unbranched alkanes of at least 4 members (excludes halogenated alkanes) is 4. The van der Waals surface area contributed by atoms with Crippen molar-refractivity contribution in [1.82, 2.24) is 5.32 Å². The molecule has 0 aliphatic carbocycles. The molecule has 2 N–H and O–H groups in total. The Balaban J connectivity index is 1.30. The van der Waals surface area contributed by atoms with Crippen LogP contribution in [0.5, 0.6) is 5.75 Å². The first-order chi connectivity index (χ1) is 18.6. The smallest absolute Gasteiger partial charge is 0.416 e. The van der Waals surface area contributed by atoms with E-state index in [1.54, 1.807) is 12.1 Å². The summed E-state index contributed by atoms with van der Waals surface area (Å²) >= 11 is 0. The highest BCUT2D eigenvalue weighted by molar-refractivity contribution is 5.94. The number of hydrogen-bond acceptors (Lipinski definition) is 3. The fourth-order valence-corrected chi connectivity index (χ4v) is 4.25. The van der Waals surface area contributed by atoms with Crippen LogP contribution in [0.4, 0.5) is 13.2 Å². The molecule has 0 unspecified atom stereocenters. The molecule has 3 aromatic carbocycles. The van der Waals surface area contributed by atoms with Crippen LogP contribution in [0.15, 0.2) is 66.7 Å². The van der Waals surface area contributed by atoms with E-state index in [1.165, 1.54) is 12.1 Å². The van der Waals surface area contributed by atoms with Crippen LogP contribution in [0, 0.1) is 6.92 Å². The van der Waals surface area contributed by atoms with Crippen molar-refractivity contribution in [1.29, 1.82) is 0 Å². The highest BCUT2D eigenvalue weighted by atomic mass is 19.4. The van der Waals surface area contributed by atoms with Gasteiger partial charge in [0.15, 0.2) is 0 Å². The summed E-state index contributed by atoms with van der Waals surface area (Å²) in [7, 11) is 0. The van der Waals surface area contributed by atoms with Crippen molar-refractivity contribution in [2.24, 2.45) is 0 Å². The topological polar surface area (TPSA) is 75.6 Å². The first kappa shape index (κ1) is 29.7. The number of ether oxygens (including phenoxy) is 1. The van der Waals surface area contributed by atoms with E-state index in [-0.39, 0.29) is 18.9 Å². The lowest BCUT2D eigenvalue weighted by molar-refractivity contribution is -0.138. The molecule has 0 aromatic heterocycles. The summed E-state index contributed by atoms with van der Waals surface area (Å²) < 4.78 is 44.3. The first-order valence-corrected chi connectivity index (χ1v) is 13.1. The highest BCUT2D eigenvalue weighted by Crippen LogP contribution is 2.32. The zero-order chi connectivity index (χ0) is 28.3. The highest BCUT2D eigenvalue weighted by Gasteiger charge is 2.30. The molecule has 0 saturated heterocycles. The number of halogens is 3.